The zero-order valence-electron chi connectivity index (χ0n) is 12.5. The molecule has 2 heterocycles. The first-order chi connectivity index (χ1) is 10.1. The van der Waals surface area contributed by atoms with Gasteiger partial charge in [0.15, 0.2) is 0 Å². The summed E-state index contributed by atoms with van der Waals surface area (Å²) in [4.78, 5) is 23.6. The molecular formula is C16H14NNaO4. The van der Waals surface area contributed by atoms with Crippen LogP contribution in [0.3, 0.4) is 0 Å². The molecular weight excluding hydrogens is 293 g/mol. The fourth-order valence-corrected chi connectivity index (χ4v) is 2.77. The first-order valence-corrected chi connectivity index (χ1v) is 6.71. The number of carboxylic acid groups (broad SMARTS) is 1. The minimum atomic E-state index is -1.09. The number of hydrogen-bond donors (Lipinski definition) is 0. The Kier molecular flexibility index (Phi) is 5.11. The van der Waals surface area contributed by atoms with Gasteiger partial charge in [0, 0.05) is 23.7 Å². The van der Waals surface area contributed by atoms with Crippen LogP contribution in [0.2, 0.25) is 0 Å². The summed E-state index contributed by atoms with van der Waals surface area (Å²) in [6.07, 6.45) is 0.474. The van der Waals surface area contributed by atoms with Crippen LogP contribution >= 0.6 is 0 Å². The molecule has 0 saturated carbocycles. The summed E-state index contributed by atoms with van der Waals surface area (Å²) < 4.78 is 6.84. The van der Waals surface area contributed by atoms with E-state index in [1.807, 2.05) is 0 Å². The van der Waals surface area contributed by atoms with Crippen molar-refractivity contribution < 1.29 is 49.0 Å². The third kappa shape index (κ3) is 2.84. The number of benzene rings is 1. The molecule has 22 heavy (non-hydrogen) atoms. The molecule has 1 aromatic carbocycles. The van der Waals surface area contributed by atoms with Crippen molar-refractivity contribution in [2.75, 3.05) is 7.11 Å². The Morgan fingerprint density at radius 1 is 1.18 bits per heavy atom. The van der Waals surface area contributed by atoms with Crippen LogP contribution in [0.25, 0.3) is 0 Å². The number of carboxylic acids is 1. The van der Waals surface area contributed by atoms with Gasteiger partial charge in [0.05, 0.1) is 18.8 Å². The first-order valence-electron chi connectivity index (χ1n) is 6.71. The van der Waals surface area contributed by atoms with Crippen molar-refractivity contribution in [3.8, 4) is 5.75 Å². The van der Waals surface area contributed by atoms with Crippen molar-refractivity contribution in [2.45, 2.75) is 18.9 Å². The summed E-state index contributed by atoms with van der Waals surface area (Å²) in [6.45, 7) is 0.526. The normalized spacial score (nSPS) is 15.8. The van der Waals surface area contributed by atoms with Gasteiger partial charge in [0.1, 0.15) is 5.75 Å². The second-order valence-corrected chi connectivity index (χ2v) is 5.01. The van der Waals surface area contributed by atoms with E-state index in [0.717, 1.165) is 0 Å². The van der Waals surface area contributed by atoms with Gasteiger partial charge in [-0.2, -0.15) is 0 Å². The van der Waals surface area contributed by atoms with Gasteiger partial charge in [-0.25, -0.2) is 0 Å². The van der Waals surface area contributed by atoms with Crippen molar-refractivity contribution in [3.63, 3.8) is 0 Å². The average molecular weight is 307 g/mol. The molecule has 0 fully saturated rings. The summed E-state index contributed by atoms with van der Waals surface area (Å²) in [5, 5.41) is 11.1. The van der Waals surface area contributed by atoms with Gasteiger partial charge in [0.25, 0.3) is 0 Å². The number of aromatic nitrogens is 1. The number of fused-ring (bicyclic) bond motifs is 1. The molecule has 1 unspecified atom stereocenters. The minimum Gasteiger partial charge on any atom is -0.549 e. The van der Waals surface area contributed by atoms with Crippen LogP contribution in [0, 0.1) is 0 Å². The number of carbonyl (C=O) groups excluding carboxylic acids is 2. The maximum absolute atomic E-state index is 12.5. The summed E-state index contributed by atoms with van der Waals surface area (Å²) in [5.41, 5.74) is 1.71. The molecule has 6 heteroatoms. The van der Waals surface area contributed by atoms with Crippen LogP contribution in [-0.2, 0) is 11.3 Å². The van der Waals surface area contributed by atoms with Crippen molar-refractivity contribution in [3.05, 3.63) is 53.3 Å². The molecule has 1 atom stereocenters. The molecule has 5 nitrogen and oxygen atoms in total. The van der Waals surface area contributed by atoms with Crippen molar-refractivity contribution in [2.24, 2.45) is 0 Å². The average Bonchev–Trinajstić information content (AvgIpc) is 3.07. The number of hydrogen-bond acceptors (Lipinski definition) is 4. The van der Waals surface area contributed by atoms with E-state index in [1.165, 1.54) is 0 Å². The van der Waals surface area contributed by atoms with Crippen LogP contribution < -0.4 is 39.4 Å². The minimum absolute atomic E-state index is 0. The number of methoxy groups -OCH3 is 1. The quantitative estimate of drug-likeness (QED) is 0.482. The standard InChI is InChI=1S/C16H15NO4.Na/c1-21-11-4-2-10(3-5-11)15(18)14-7-6-13-12(16(19)20)8-9-17(13)14;/h2-7,12H,8-9H2,1H3,(H,19,20);/q;+1/p-1. The van der Waals surface area contributed by atoms with E-state index in [0.29, 0.717) is 35.7 Å². The number of ketones is 1. The van der Waals surface area contributed by atoms with Crippen LogP contribution in [0.5, 0.6) is 5.75 Å². The van der Waals surface area contributed by atoms with Crippen LogP contribution in [0.15, 0.2) is 36.4 Å². The molecule has 0 bridgehead atoms. The van der Waals surface area contributed by atoms with Crippen LogP contribution in [0.1, 0.15) is 34.1 Å². The molecule has 0 aliphatic carbocycles. The molecule has 108 valence electrons. The maximum atomic E-state index is 12.5. The summed E-state index contributed by atoms with van der Waals surface area (Å²) in [6, 6.07) is 10.2. The van der Waals surface area contributed by atoms with Crippen LogP contribution in [-0.4, -0.2) is 23.4 Å². The first kappa shape index (κ1) is 16.8. The zero-order valence-corrected chi connectivity index (χ0v) is 14.5. The number of rotatable bonds is 4. The Bertz CT molecular complexity index is 705. The molecule has 0 spiro atoms. The van der Waals surface area contributed by atoms with Gasteiger partial charge in [-0.15, -0.1) is 0 Å². The predicted octanol–water partition coefficient (Wildman–Crippen LogP) is -2.03. The molecule has 0 saturated heterocycles. The zero-order chi connectivity index (χ0) is 15.0. The molecule has 0 amide bonds. The van der Waals surface area contributed by atoms with Crippen molar-refractivity contribution in [1.29, 1.82) is 0 Å². The van der Waals surface area contributed by atoms with E-state index in [2.05, 4.69) is 0 Å². The van der Waals surface area contributed by atoms with E-state index in [-0.39, 0.29) is 35.3 Å². The van der Waals surface area contributed by atoms with E-state index in [1.54, 1.807) is 48.1 Å². The van der Waals surface area contributed by atoms with E-state index >= 15 is 0 Å². The van der Waals surface area contributed by atoms with Gasteiger partial charge < -0.3 is 19.2 Å². The Balaban J connectivity index is 0.00000176. The Labute approximate surface area is 150 Å². The molecule has 0 N–H and O–H groups in total. The summed E-state index contributed by atoms with van der Waals surface area (Å²) >= 11 is 0. The van der Waals surface area contributed by atoms with Crippen LogP contribution in [0.4, 0.5) is 0 Å². The number of carbonyl (C=O) groups is 2. The Morgan fingerprint density at radius 2 is 1.86 bits per heavy atom. The third-order valence-corrected chi connectivity index (χ3v) is 3.88. The summed E-state index contributed by atoms with van der Waals surface area (Å²) in [5.74, 6) is -1.15. The fraction of sp³-hybridized carbons (Fsp3) is 0.250. The van der Waals surface area contributed by atoms with E-state index in [9.17, 15) is 14.7 Å². The largest absolute Gasteiger partial charge is 1.00 e. The summed E-state index contributed by atoms with van der Waals surface area (Å²) in [7, 11) is 1.57. The second kappa shape index (κ2) is 6.69. The van der Waals surface area contributed by atoms with Gasteiger partial charge >= 0.3 is 29.6 Å². The maximum Gasteiger partial charge on any atom is 1.00 e. The van der Waals surface area contributed by atoms with Gasteiger partial charge in [0.2, 0.25) is 5.78 Å². The second-order valence-electron chi connectivity index (χ2n) is 5.01. The van der Waals surface area contributed by atoms with Gasteiger partial charge in [-0.3, -0.25) is 4.79 Å². The molecule has 1 aliphatic heterocycles. The Hall–Kier alpha value is -1.56. The van der Waals surface area contributed by atoms with Gasteiger partial charge in [-0.05, 0) is 42.8 Å². The SMILES string of the molecule is COc1ccc(C(=O)c2ccc3n2CCC3C(=O)[O-])cc1.[Na+]. The Morgan fingerprint density at radius 3 is 2.45 bits per heavy atom. The molecule has 0 radical (unpaired) electrons. The van der Waals surface area contributed by atoms with Crippen molar-refractivity contribution >= 4 is 11.8 Å². The van der Waals surface area contributed by atoms with Gasteiger partial charge in [-0.1, -0.05) is 0 Å². The topological polar surface area (TPSA) is 71.4 Å². The fourth-order valence-electron chi connectivity index (χ4n) is 2.77. The smallest absolute Gasteiger partial charge is 0.549 e. The third-order valence-electron chi connectivity index (χ3n) is 3.88. The van der Waals surface area contributed by atoms with Crippen molar-refractivity contribution in [1.82, 2.24) is 4.57 Å². The monoisotopic (exact) mass is 307 g/mol. The molecule has 1 aromatic heterocycles. The van der Waals surface area contributed by atoms with E-state index < -0.39 is 11.9 Å². The van der Waals surface area contributed by atoms with E-state index in [4.69, 9.17) is 4.74 Å². The number of aliphatic carboxylic acids is 1. The number of ether oxygens (including phenoxy) is 1. The molecule has 2 aromatic rings. The molecule has 1 aliphatic rings. The number of nitrogens with zero attached hydrogens (tertiary/aromatic N) is 1. The predicted molar refractivity (Wildman–Crippen MR) is 73.2 cm³/mol. The molecule has 3 rings (SSSR count).